The highest BCUT2D eigenvalue weighted by Crippen LogP contribution is 2.26. The fourth-order valence-corrected chi connectivity index (χ4v) is 2.13. The molecule has 0 saturated carbocycles. The van der Waals surface area contributed by atoms with Crippen molar-refractivity contribution in [2.45, 2.75) is 6.61 Å². The van der Waals surface area contributed by atoms with Crippen LogP contribution in [0.5, 0.6) is 5.75 Å². The lowest BCUT2D eigenvalue weighted by Crippen LogP contribution is -1.99. The van der Waals surface area contributed by atoms with Crippen molar-refractivity contribution in [1.82, 2.24) is 0 Å². The van der Waals surface area contributed by atoms with E-state index in [-0.39, 0.29) is 12.2 Å². The highest BCUT2D eigenvalue weighted by Gasteiger charge is 2.06. The smallest absolute Gasteiger partial charge is 0.130 e. The van der Waals surface area contributed by atoms with Crippen molar-refractivity contribution < 1.29 is 13.5 Å². The zero-order chi connectivity index (χ0) is 13.9. The summed E-state index contributed by atoms with van der Waals surface area (Å²) in [5.74, 6) is -0.277. The van der Waals surface area contributed by atoms with E-state index in [1.807, 2.05) is 42.5 Å². The van der Waals surface area contributed by atoms with Crippen LogP contribution in [0.1, 0.15) is 5.56 Å². The van der Waals surface area contributed by atoms with Crippen LogP contribution in [0.2, 0.25) is 0 Å². The van der Waals surface area contributed by atoms with E-state index in [1.165, 1.54) is 0 Å². The van der Waals surface area contributed by atoms with Crippen LogP contribution in [0.15, 0.2) is 60.7 Å². The van der Waals surface area contributed by atoms with E-state index < -0.39 is 11.6 Å². The minimum atomic E-state index is -0.470. The first-order valence-corrected chi connectivity index (χ1v) is 6.28. The third-order valence-corrected chi connectivity index (χ3v) is 3.14. The minimum Gasteiger partial charge on any atom is -0.488 e. The van der Waals surface area contributed by atoms with Crippen molar-refractivity contribution in [2.24, 2.45) is 0 Å². The van der Waals surface area contributed by atoms with E-state index in [4.69, 9.17) is 4.74 Å². The van der Waals surface area contributed by atoms with E-state index in [0.717, 1.165) is 29.0 Å². The van der Waals surface area contributed by atoms with Crippen LogP contribution >= 0.6 is 0 Å². The monoisotopic (exact) mass is 270 g/mol. The molecule has 3 aromatic carbocycles. The second kappa shape index (κ2) is 5.29. The lowest BCUT2D eigenvalue weighted by molar-refractivity contribution is 0.302. The Morgan fingerprint density at radius 1 is 0.850 bits per heavy atom. The van der Waals surface area contributed by atoms with E-state index in [0.29, 0.717) is 5.75 Å². The van der Waals surface area contributed by atoms with Gasteiger partial charge in [0.05, 0.1) is 0 Å². The quantitative estimate of drug-likeness (QED) is 0.670. The topological polar surface area (TPSA) is 9.23 Å². The molecule has 0 amide bonds. The van der Waals surface area contributed by atoms with Gasteiger partial charge < -0.3 is 4.74 Å². The Kier molecular flexibility index (Phi) is 3.33. The summed E-state index contributed by atoms with van der Waals surface area (Å²) in [7, 11) is 0. The lowest BCUT2D eigenvalue weighted by atomic mass is 10.1. The highest BCUT2D eigenvalue weighted by molar-refractivity contribution is 5.88. The molecular formula is C17H12F2O. The molecule has 0 bridgehead atoms. The molecule has 3 heteroatoms. The van der Waals surface area contributed by atoms with Crippen molar-refractivity contribution in [3.8, 4) is 5.75 Å². The second-order valence-electron chi connectivity index (χ2n) is 4.50. The van der Waals surface area contributed by atoms with Crippen LogP contribution < -0.4 is 4.74 Å². The first-order valence-electron chi connectivity index (χ1n) is 6.28. The summed E-state index contributed by atoms with van der Waals surface area (Å²) in [4.78, 5) is 0. The van der Waals surface area contributed by atoms with E-state index >= 15 is 0 Å². The van der Waals surface area contributed by atoms with Gasteiger partial charge in [0.1, 0.15) is 24.0 Å². The standard InChI is InChI=1S/C17H12F2O/c18-14-8-9-16(19)13(10-14)11-20-17-7-3-5-12-4-1-2-6-15(12)17/h1-10H,11H2. The molecule has 0 aliphatic carbocycles. The van der Waals surface area contributed by atoms with Crippen LogP contribution in [0, 0.1) is 11.6 Å². The van der Waals surface area contributed by atoms with Gasteiger partial charge in [0, 0.05) is 10.9 Å². The number of ether oxygens (including phenoxy) is 1. The number of hydrogen-bond donors (Lipinski definition) is 0. The maximum absolute atomic E-state index is 13.5. The molecule has 20 heavy (non-hydrogen) atoms. The fraction of sp³-hybridized carbons (Fsp3) is 0.0588. The van der Waals surface area contributed by atoms with Crippen LogP contribution in [0.3, 0.4) is 0 Å². The Balaban J connectivity index is 1.89. The fourth-order valence-electron chi connectivity index (χ4n) is 2.13. The van der Waals surface area contributed by atoms with Crippen molar-refractivity contribution >= 4 is 10.8 Å². The van der Waals surface area contributed by atoms with Crippen molar-refractivity contribution in [1.29, 1.82) is 0 Å². The molecule has 0 aromatic heterocycles. The molecule has 0 unspecified atom stereocenters. The normalized spacial score (nSPS) is 10.7. The summed E-state index contributed by atoms with van der Waals surface area (Å²) in [6.07, 6.45) is 0. The molecule has 0 spiro atoms. The van der Waals surface area contributed by atoms with Crippen molar-refractivity contribution in [3.63, 3.8) is 0 Å². The predicted octanol–water partition coefficient (Wildman–Crippen LogP) is 4.70. The largest absolute Gasteiger partial charge is 0.488 e. The summed E-state index contributed by atoms with van der Waals surface area (Å²) in [6, 6.07) is 16.8. The maximum atomic E-state index is 13.5. The molecule has 0 heterocycles. The first-order chi connectivity index (χ1) is 9.74. The van der Waals surface area contributed by atoms with Crippen molar-refractivity contribution in [2.75, 3.05) is 0 Å². The molecule has 0 N–H and O–H groups in total. The van der Waals surface area contributed by atoms with E-state index in [1.54, 1.807) is 0 Å². The average molecular weight is 270 g/mol. The zero-order valence-corrected chi connectivity index (χ0v) is 10.6. The minimum absolute atomic E-state index is 0.00238. The zero-order valence-electron chi connectivity index (χ0n) is 10.6. The number of rotatable bonds is 3. The summed E-state index contributed by atoms with van der Waals surface area (Å²) in [5.41, 5.74) is 0.206. The Morgan fingerprint density at radius 3 is 2.55 bits per heavy atom. The SMILES string of the molecule is Fc1ccc(F)c(COc2cccc3ccccc23)c1. The maximum Gasteiger partial charge on any atom is 0.130 e. The van der Waals surface area contributed by atoms with Crippen LogP contribution in [-0.4, -0.2) is 0 Å². The third kappa shape index (κ3) is 2.48. The number of hydrogen-bond acceptors (Lipinski definition) is 1. The Bertz CT molecular complexity index is 748. The molecule has 1 nitrogen and oxygen atoms in total. The van der Waals surface area contributed by atoms with Crippen LogP contribution in [0.25, 0.3) is 10.8 Å². The van der Waals surface area contributed by atoms with Gasteiger partial charge in [0.2, 0.25) is 0 Å². The first kappa shape index (κ1) is 12.6. The Morgan fingerprint density at radius 2 is 1.65 bits per heavy atom. The van der Waals surface area contributed by atoms with Gasteiger partial charge in [-0.05, 0) is 29.7 Å². The van der Waals surface area contributed by atoms with Gasteiger partial charge in [-0.2, -0.15) is 0 Å². The molecule has 0 aliphatic heterocycles. The molecule has 0 fully saturated rings. The van der Waals surface area contributed by atoms with Gasteiger partial charge in [0.25, 0.3) is 0 Å². The van der Waals surface area contributed by atoms with E-state index in [9.17, 15) is 8.78 Å². The molecule has 0 radical (unpaired) electrons. The van der Waals surface area contributed by atoms with Gasteiger partial charge in [-0.3, -0.25) is 0 Å². The third-order valence-electron chi connectivity index (χ3n) is 3.14. The Labute approximate surface area is 115 Å². The molecule has 3 rings (SSSR count). The van der Waals surface area contributed by atoms with E-state index in [2.05, 4.69) is 0 Å². The van der Waals surface area contributed by atoms with Gasteiger partial charge >= 0.3 is 0 Å². The second-order valence-corrected chi connectivity index (χ2v) is 4.50. The van der Waals surface area contributed by atoms with Gasteiger partial charge in [-0.1, -0.05) is 36.4 Å². The molecule has 3 aromatic rings. The van der Waals surface area contributed by atoms with Gasteiger partial charge in [-0.25, -0.2) is 8.78 Å². The number of benzene rings is 3. The summed E-state index contributed by atoms with van der Waals surface area (Å²) < 4.78 is 32.3. The molecule has 0 saturated heterocycles. The highest BCUT2D eigenvalue weighted by atomic mass is 19.1. The predicted molar refractivity (Wildman–Crippen MR) is 74.6 cm³/mol. The van der Waals surface area contributed by atoms with Gasteiger partial charge in [-0.15, -0.1) is 0 Å². The van der Waals surface area contributed by atoms with Crippen LogP contribution in [0.4, 0.5) is 8.78 Å². The summed E-state index contributed by atoms with van der Waals surface area (Å²) >= 11 is 0. The number of halogens is 2. The Hall–Kier alpha value is -2.42. The molecular weight excluding hydrogens is 258 g/mol. The molecule has 100 valence electrons. The molecule has 0 aliphatic rings. The lowest BCUT2D eigenvalue weighted by Gasteiger charge is -2.10. The number of fused-ring (bicyclic) bond motifs is 1. The van der Waals surface area contributed by atoms with Crippen LogP contribution in [-0.2, 0) is 6.61 Å². The van der Waals surface area contributed by atoms with Gasteiger partial charge in [0.15, 0.2) is 0 Å². The van der Waals surface area contributed by atoms with Crippen molar-refractivity contribution in [3.05, 3.63) is 77.9 Å². The average Bonchev–Trinajstić information content (AvgIpc) is 2.48. The summed E-state index contributed by atoms with van der Waals surface area (Å²) in [6.45, 7) is -0.00238. The summed E-state index contributed by atoms with van der Waals surface area (Å²) in [5, 5.41) is 2.00. The molecule has 0 atom stereocenters.